The molecule has 2 rings (SSSR count). The van der Waals surface area contributed by atoms with Gasteiger partial charge in [0.25, 0.3) is 0 Å². The molecule has 4 nitrogen and oxygen atoms in total. The van der Waals surface area contributed by atoms with Gasteiger partial charge < -0.3 is 5.43 Å². The van der Waals surface area contributed by atoms with Gasteiger partial charge in [-0.2, -0.15) is 5.10 Å². The normalized spacial score (nSPS) is 10.5. The first-order chi connectivity index (χ1) is 4.92. The van der Waals surface area contributed by atoms with Crippen LogP contribution < -0.4 is 5.43 Å². The van der Waals surface area contributed by atoms with Crippen molar-refractivity contribution >= 4 is 5.65 Å². The highest BCUT2D eigenvalue weighted by atomic mass is 15.5. The van der Waals surface area contributed by atoms with Crippen molar-refractivity contribution in [3.8, 4) is 0 Å². The highest BCUT2D eigenvalue weighted by molar-refractivity contribution is 5.38. The van der Waals surface area contributed by atoms with Crippen molar-refractivity contribution in [2.24, 2.45) is 0 Å². The van der Waals surface area contributed by atoms with Crippen LogP contribution >= 0.6 is 0 Å². The minimum absolute atomic E-state index is 1.04. The topological polar surface area (TPSA) is 34.3 Å². The van der Waals surface area contributed by atoms with Crippen molar-refractivity contribution in [2.75, 3.05) is 12.5 Å². The second-order valence-corrected chi connectivity index (χ2v) is 2.04. The Bertz CT molecular complexity index is 332. The van der Waals surface area contributed by atoms with Gasteiger partial charge in [-0.05, 0) is 12.1 Å². The van der Waals surface area contributed by atoms with E-state index in [1.807, 2.05) is 30.1 Å². The van der Waals surface area contributed by atoms with Gasteiger partial charge in [-0.25, -0.2) is 9.19 Å². The van der Waals surface area contributed by atoms with Crippen LogP contribution in [0.5, 0.6) is 0 Å². The Labute approximate surface area is 58.0 Å². The highest BCUT2D eigenvalue weighted by Crippen LogP contribution is 1.99. The minimum atomic E-state index is 1.04. The first-order valence-electron chi connectivity index (χ1n) is 3.10. The van der Waals surface area contributed by atoms with Crippen LogP contribution in [0, 0.1) is 0 Å². The lowest BCUT2D eigenvalue weighted by Gasteiger charge is -1.96. The third-order valence-corrected chi connectivity index (χ3v) is 1.49. The fourth-order valence-corrected chi connectivity index (χ4v) is 0.990. The van der Waals surface area contributed by atoms with E-state index in [2.05, 4.69) is 10.5 Å². The Morgan fingerprint density at radius 3 is 3.30 bits per heavy atom. The molecule has 4 heteroatoms. The van der Waals surface area contributed by atoms with Crippen LogP contribution in [0.15, 0.2) is 24.7 Å². The molecular weight excluding hydrogens is 128 g/mol. The van der Waals surface area contributed by atoms with E-state index in [4.69, 9.17) is 0 Å². The maximum absolute atomic E-state index is 4.07. The van der Waals surface area contributed by atoms with Crippen LogP contribution in [0.25, 0.3) is 5.65 Å². The molecule has 0 unspecified atom stereocenters. The molecule has 10 heavy (non-hydrogen) atoms. The molecule has 0 saturated carbocycles. The zero-order valence-electron chi connectivity index (χ0n) is 5.65. The molecule has 0 fully saturated rings. The van der Waals surface area contributed by atoms with E-state index in [1.165, 1.54) is 0 Å². The summed E-state index contributed by atoms with van der Waals surface area (Å²) in [5.74, 6) is 0. The van der Waals surface area contributed by atoms with Gasteiger partial charge in [0.1, 0.15) is 6.33 Å². The van der Waals surface area contributed by atoms with Crippen LogP contribution in [0.2, 0.25) is 0 Å². The molecule has 0 aliphatic heterocycles. The molecule has 0 atom stereocenters. The fourth-order valence-electron chi connectivity index (χ4n) is 0.990. The van der Waals surface area contributed by atoms with E-state index in [-0.39, 0.29) is 0 Å². The molecule has 0 amide bonds. The maximum Gasteiger partial charge on any atom is 0.154 e. The van der Waals surface area contributed by atoms with E-state index in [0.717, 1.165) is 5.65 Å². The van der Waals surface area contributed by atoms with Gasteiger partial charge in [-0.3, -0.25) is 0 Å². The number of fused-ring (bicyclic) bond motifs is 1. The standard InChI is InChI=1S/C6H8N4/c1-7-10-5-8-9-4-2-3-6(9)10/h2-5,7H,1H3. The third kappa shape index (κ3) is 0.528. The SMILES string of the molecule is CNn1cnn2cccc12. The Morgan fingerprint density at radius 2 is 2.50 bits per heavy atom. The second-order valence-electron chi connectivity index (χ2n) is 2.04. The van der Waals surface area contributed by atoms with E-state index >= 15 is 0 Å². The van der Waals surface area contributed by atoms with Crippen LogP contribution in [0.4, 0.5) is 0 Å². The Hall–Kier alpha value is -1.45. The average molecular weight is 136 g/mol. The number of aromatic nitrogens is 3. The molecule has 0 aliphatic carbocycles. The van der Waals surface area contributed by atoms with Crippen molar-refractivity contribution in [2.45, 2.75) is 0 Å². The van der Waals surface area contributed by atoms with Gasteiger partial charge in [0, 0.05) is 13.2 Å². The highest BCUT2D eigenvalue weighted by Gasteiger charge is 1.96. The second kappa shape index (κ2) is 1.76. The van der Waals surface area contributed by atoms with Crippen molar-refractivity contribution in [1.29, 1.82) is 0 Å². The summed E-state index contributed by atoms with van der Waals surface area (Å²) in [6, 6.07) is 3.94. The van der Waals surface area contributed by atoms with Gasteiger partial charge >= 0.3 is 0 Å². The summed E-state index contributed by atoms with van der Waals surface area (Å²) in [6.45, 7) is 0. The van der Waals surface area contributed by atoms with Crippen molar-refractivity contribution < 1.29 is 0 Å². The first kappa shape index (κ1) is 5.34. The predicted octanol–water partition coefficient (Wildman–Crippen LogP) is 0.309. The molecule has 0 aromatic carbocycles. The summed E-state index contributed by atoms with van der Waals surface area (Å²) in [6.07, 6.45) is 3.64. The predicted molar refractivity (Wildman–Crippen MR) is 38.5 cm³/mol. The van der Waals surface area contributed by atoms with Gasteiger partial charge in [-0.1, -0.05) is 0 Å². The number of rotatable bonds is 1. The van der Waals surface area contributed by atoms with Gasteiger partial charge in [-0.15, -0.1) is 0 Å². The zero-order valence-corrected chi connectivity index (χ0v) is 5.65. The van der Waals surface area contributed by atoms with Gasteiger partial charge in [0.2, 0.25) is 0 Å². The van der Waals surface area contributed by atoms with E-state index in [1.54, 1.807) is 10.8 Å². The molecule has 0 aliphatic rings. The lowest BCUT2D eigenvalue weighted by atomic mass is 10.6. The molecule has 0 spiro atoms. The Kier molecular flexibility index (Phi) is 0.943. The first-order valence-corrected chi connectivity index (χ1v) is 3.10. The minimum Gasteiger partial charge on any atom is -0.326 e. The van der Waals surface area contributed by atoms with E-state index in [9.17, 15) is 0 Å². The van der Waals surface area contributed by atoms with Gasteiger partial charge in [0.05, 0.1) is 0 Å². The quantitative estimate of drug-likeness (QED) is 0.612. The number of nitrogens with zero attached hydrogens (tertiary/aromatic N) is 3. The Balaban J connectivity index is 2.76. The van der Waals surface area contributed by atoms with Crippen molar-refractivity contribution in [3.05, 3.63) is 24.7 Å². The van der Waals surface area contributed by atoms with E-state index < -0.39 is 0 Å². The summed E-state index contributed by atoms with van der Waals surface area (Å²) < 4.78 is 3.65. The largest absolute Gasteiger partial charge is 0.326 e. The molecule has 0 radical (unpaired) electrons. The Morgan fingerprint density at radius 1 is 1.60 bits per heavy atom. The maximum atomic E-state index is 4.07. The lowest BCUT2D eigenvalue weighted by molar-refractivity contribution is 0.949. The summed E-state index contributed by atoms with van der Waals surface area (Å²) in [7, 11) is 1.86. The molecule has 1 N–H and O–H groups in total. The summed E-state index contributed by atoms with van der Waals surface area (Å²) >= 11 is 0. The molecule has 0 saturated heterocycles. The fraction of sp³-hybridized carbons (Fsp3) is 0.167. The molecule has 2 heterocycles. The monoisotopic (exact) mass is 136 g/mol. The lowest BCUT2D eigenvalue weighted by Crippen LogP contribution is -2.06. The molecule has 0 bridgehead atoms. The zero-order chi connectivity index (χ0) is 6.97. The number of hydrogen-bond acceptors (Lipinski definition) is 2. The number of hydrogen-bond donors (Lipinski definition) is 1. The van der Waals surface area contributed by atoms with Crippen LogP contribution in [0.3, 0.4) is 0 Å². The summed E-state index contributed by atoms with van der Waals surface area (Å²) in [4.78, 5) is 0. The molecular formula is C6H8N4. The number of nitrogens with one attached hydrogen (secondary N) is 1. The van der Waals surface area contributed by atoms with Crippen LogP contribution in [0.1, 0.15) is 0 Å². The van der Waals surface area contributed by atoms with Gasteiger partial charge in [0.15, 0.2) is 5.65 Å². The van der Waals surface area contributed by atoms with E-state index in [0.29, 0.717) is 0 Å². The smallest absolute Gasteiger partial charge is 0.154 e. The van der Waals surface area contributed by atoms with Crippen molar-refractivity contribution in [3.63, 3.8) is 0 Å². The van der Waals surface area contributed by atoms with Crippen LogP contribution in [-0.4, -0.2) is 21.3 Å². The summed E-state index contributed by atoms with van der Waals surface area (Å²) in [5, 5.41) is 4.07. The average Bonchev–Trinajstić information content (AvgIpc) is 2.44. The molecule has 2 aromatic heterocycles. The molecule has 52 valence electrons. The van der Waals surface area contributed by atoms with Crippen molar-refractivity contribution in [1.82, 2.24) is 14.3 Å². The third-order valence-electron chi connectivity index (χ3n) is 1.49. The van der Waals surface area contributed by atoms with Crippen LogP contribution in [-0.2, 0) is 0 Å². The summed E-state index contributed by atoms with van der Waals surface area (Å²) in [5.41, 5.74) is 4.01. The molecule has 2 aromatic rings.